The monoisotopic (exact) mass is 503 g/mol. The van der Waals surface area contributed by atoms with E-state index >= 15 is 0 Å². The first-order valence-electron chi connectivity index (χ1n) is 11.8. The van der Waals surface area contributed by atoms with E-state index in [0.717, 1.165) is 46.8 Å². The van der Waals surface area contributed by atoms with Gasteiger partial charge >= 0.3 is 5.97 Å². The summed E-state index contributed by atoms with van der Waals surface area (Å²) in [5.41, 5.74) is 2.87. The van der Waals surface area contributed by atoms with E-state index in [4.69, 9.17) is 0 Å². The molecule has 0 radical (unpaired) electrons. The van der Waals surface area contributed by atoms with Crippen LogP contribution in [0.4, 0.5) is 8.78 Å². The second-order valence-electron chi connectivity index (χ2n) is 9.17. The number of aromatic nitrogens is 1. The smallest absolute Gasteiger partial charge is 0.326 e. The third-order valence-corrected chi connectivity index (χ3v) is 6.06. The van der Waals surface area contributed by atoms with E-state index < -0.39 is 35.1 Å². The number of nitrogens with zero attached hydrogens (tertiary/aromatic N) is 2. The Labute approximate surface area is 213 Å². The van der Waals surface area contributed by atoms with Gasteiger partial charge in [0.1, 0.15) is 23.2 Å². The molecule has 2 N–H and O–H groups in total. The number of carboxylic acids is 1. The number of nitrogens with one attached hydrogen (secondary N) is 1. The van der Waals surface area contributed by atoms with Crippen molar-refractivity contribution in [2.24, 2.45) is 0 Å². The van der Waals surface area contributed by atoms with Crippen LogP contribution in [-0.2, 0) is 24.2 Å². The fraction of sp³-hybridized carbons (Fsp3) is 0.207. The number of aliphatic carboxylic acids is 1. The van der Waals surface area contributed by atoms with Gasteiger partial charge in [0.2, 0.25) is 0 Å². The Kier molecular flexibility index (Phi) is 7.89. The maximum absolute atomic E-state index is 14.0. The summed E-state index contributed by atoms with van der Waals surface area (Å²) >= 11 is 0. The molecule has 0 aliphatic heterocycles. The highest BCUT2D eigenvalue weighted by Gasteiger charge is 2.25. The molecule has 0 saturated heterocycles. The molecule has 8 heteroatoms. The zero-order valence-corrected chi connectivity index (χ0v) is 20.5. The normalized spacial score (nSPS) is 12.0. The van der Waals surface area contributed by atoms with Gasteiger partial charge < -0.3 is 15.3 Å². The fourth-order valence-electron chi connectivity index (χ4n) is 4.39. The first-order chi connectivity index (χ1) is 17.7. The molecule has 1 amide bonds. The molecule has 0 unspecified atom stereocenters. The zero-order valence-electron chi connectivity index (χ0n) is 20.5. The molecular formula is C29H27F2N3O3. The minimum atomic E-state index is -1.37. The molecule has 6 nitrogen and oxygen atoms in total. The highest BCUT2D eigenvalue weighted by Crippen LogP contribution is 2.24. The van der Waals surface area contributed by atoms with Gasteiger partial charge in [-0.15, -0.1) is 0 Å². The van der Waals surface area contributed by atoms with Crippen molar-refractivity contribution in [3.05, 3.63) is 113 Å². The van der Waals surface area contributed by atoms with E-state index in [1.54, 1.807) is 12.3 Å². The van der Waals surface area contributed by atoms with Gasteiger partial charge in [0, 0.05) is 31.0 Å². The van der Waals surface area contributed by atoms with E-state index in [2.05, 4.69) is 21.3 Å². The van der Waals surface area contributed by atoms with E-state index in [0.29, 0.717) is 12.0 Å². The van der Waals surface area contributed by atoms with Gasteiger partial charge in [-0.05, 0) is 54.4 Å². The molecule has 3 aromatic carbocycles. The summed E-state index contributed by atoms with van der Waals surface area (Å²) in [6, 6.07) is 17.2. The Morgan fingerprint density at radius 2 is 1.62 bits per heavy atom. The average molecular weight is 504 g/mol. The number of benzene rings is 3. The average Bonchev–Trinajstić information content (AvgIpc) is 2.84. The molecule has 190 valence electrons. The second kappa shape index (κ2) is 11.3. The number of pyridine rings is 1. The molecule has 0 spiro atoms. The molecule has 1 heterocycles. The first kappa shape index (κ1) is 25.9. The molecule has 1 aromatic heterocycles. The van der Waals surface area contributed by atoms with Crippen LogP contribution in [0.1, 0.15) is 32.7 Å². The van der Waals surface area contributed by atoms with Crippen molar-refractivity contribution in [3.8, 4) is 0 Å². The zero-order chi connectivity index (χ0) is 26.5. The lowest BCUT2D eigenvalue weighted by Crippen LogP contribution is -2.43. The number of hydrogen-bond acceptors (Lipinski definition) is 4. The summed E-state index contributed by atoms with van der Waals surface area (Å²) in [5.74, 6) is -4.53. The molecule has 37 heavy (non-hydrogen) atoms. The SMILES string of the molecule is CN(C)Cc1cccc2c(Cc3cccc(C[C@H](NC(=O)c4c(F)cccc4F)C(=O)O)c3)nccc12. The van der Waals surface area contributed by atoms with Gasteiger partial charge in [0.25, 0.3) is 5.91 Å². The molecule has 0 aliphatic rings. The molecule has 0 aliphatic carbocycles. The number of carbonyl (C=O) groups is 2. The third-order valence-electron chi connectivity index (χ3n) is 6.06. The van der Waals surface area contributed by atoms with Gasteiger partial charge in [-0.1, -0.05) is 48.5 Å². The molecule has 0 bridgehead atoms. The van der Waals surface area contributed by atoms with E-state index in [1.165, 1.54) is 5.56 Å². The number of rotatable bonds is 9. The second-order valence-corrected chi connectivity index (χ2v) is 9.17. The van der Waals surface area contributed by atoms with Crippen molar-refractivity contribution in [1.82, 2.24) is 15.2 Å². The number of halogens is 2. The van der Waals surface area contributed by atoms with Gasteiger partial charge in [0.15, 0.2) is 0 Å². The summed E-state index contributed by atoms with van der Waals surface area (Å²) in [6.45, 7) is 0.801. The molecule has 4 rings (SSSR count). The van der Waals surface area contributed by atoms with Gasteiger partial charge in [-0.25, -0.2) is 13.6 Å². The molecule has 4 aromatic rings. The van der Waals surface area contributed by atoms with Crippen LogP contribution in [0.25, 0.3) is 10.8 Å². The Bertz CT molecular complexity index is 1440. The molecule has 0 saturated carbocycles. The maximum Gasteiger partial charge on any atom is 0.326 e. The number of amides is 1. The number of fused-ring (bicyclic) bond motifs is 1. The Hall–Kier alpha value is -4.17. The highest BCUT2D eigenvalue weighted by atomic mass is 19.1. The van der Waals surface area contributed by atoms with Crippen LogP contribution in [0.2, 0.25) is 0 Å². The lowest BCUT2D eigenvalue weighted by Gasteiger charge is -2.16. The standard InChI is InChI=1S/C29H27F2N3O3/c1-34(2)17-20-8-4-9-22-21(20)12-13-32-25(22)15-18-6-3-7-19(14-18)16-26(29(36)37)33-28(35)27-23(30)10-5-11-24(27)31/h3-14,26H,15-17H2,1-2H3,(H,33,35)(H,36,37)/t26-/m0/s1. The van der Waals surface area contributed by atoms with Crippen molar-refractivity contribution in [2.75, 3.05) is 14.1 Å². The van der Waals surface area contributed by atoms with Crippen LogP contribution >= 0.6 is 0 Å². The summed E-state index contributed by atoms with van der Waals surface area (Å²) in [7, 11) is 4.04. The van der Waals surface area contributed by atoms with Gasteiger partial charge in [0.05, 0.1) is 5.69 Å². The van der Waals surface area contributed by atoms with Crippen LogP contribution in [0.15, 0.2) is 72.9 Å². The maximum atomic E-state index is 14.0. The van der Waals surface area contributed by atoms with Crippen LogP contribution in [-0.4, -0.2) is 47.0 Å². The largest absolute Gasteiger partial charge is 0.480 e. The van der Waals surface area contributed by atoms with Crippen molar-refractivity contribution in [3.63, 3.8) is 0 Å². The van der Waals surface area contributed by atoms with E-state index in [-0.39, 0.29) is 6.42 Å². The predicted octanol–water partition coefficient (Wildman–Crippen LogP) is 4.59. The third kappa shape index (κ3) is 6.16. The molecular weight excluding hydrogens is 476 g/mol. The van der Waals surface area contributed by atoms with Crippen molar-refractivity contribution in [2.45, 2.75) is 25.4 Å². The molecule has 0 fully saturated rings. The van der Waals surface area contributed by atoms with Crippen LogP contribution in [0, 0.1) is 11.6 Å². The minimum Gasteiger partial charge on any atom is -0.480 e. The minimum absolute atomic E-state index is 0.0546. The Balaban J connectivity index is 1.55. The predicted molar refractivity (Wildman–Crippen MR) is 137 cm³/mol. The lowest BCUT2D eigenvalue weighted by atomic mass is 9.97. The summed E-state index contributed by atoms with van der Waals surface area (Å²) in [4.78, 5) is 31.0. The quantitative estimate of drug-likeness (QED) is 0.349. The number of carbonyl (C=O) groups excluding carboxylic acids is 1. The number of hydrogen-bond donors (Lipinski definition) is 2. The number of carboxylic acid groups (broad SMARTS) is 1. The summed E-state index contributed by atoms with van der Waals surface area (Å²) in [6.07, 6.45) is 2.26. The van der Waals surface area contributed by atoms with Gasteiger partial charge in [-0.3, -0.25) is 9.78 Å². The van der Waals surface area contributed by atoms with Gasteiger partial charge in [-0.2, -0.15) is 0 Å². The first-order valence-corrected chi connectivity index (χ1v) is 11.8. The summed E-state index contributed by atoms with van der Waals surface area (Å²) in [5, 5.41) is 14.1. The Morgan fingerprint density at radius 1 is 0.946 bits per heavy atom. The van der Waals surface area contributed by atoms with E-state index in [9.17, 15) is 23.5 Å². The van der Waals surface area contributed by atoms with Crippen molar-refractivity contribution in [1.29, 1.82) is 0 Å². The van der Waals surface area contributed by atoms with Crippen molar-refractivity contribution >= 4 is 22.6 Å². The van der Waals surface area contributed by atoms with Crippen LogP contribution in [0.5, 0.6) is 0 Å². The highest BCUT2D eigenvalue weighted by molar-refractivity contribution is 5.97. The molecule has 1 atom stereocenters. The lowest BCUT2D eigenvalue weighted by molar-refractivity contribution is -0.139. The van der Waals surface area contributed by atoms with Crippen molar-refractivity contribution < 1.29 is 23.5 Å². The fourth-order valence-corrected chi connectivity index (χ4v) is 4.39. The van der Waals surface area contributed by atoms with Crippen LogP contribution in [0.3, 0.4) is 0 Å². The topological polar surface area (TPSA) is 82.5 Å². The van der Waals surface area contributed by atoms with E-state index in [1.807, 2.05) is 50.5 Å². The van der Waals surface area contributed by atoms with Crippen LogP contribution < -0.4 is 5.32 Å². The Morgan fingerprint density at radius 3 is 2.32 bits per heavy atom. The summed E-state index contributed by atoms with van der Waals surface area (Å²) < 4.78 is 28.0.